The molecular formula is C34H47N5O8S2. The van der Waals surface area contributed by atoms with Gasteiger partial charge in [-0.05, 0) is 66.7 Å². The molecule has 13 nitrogen and oxygen atoms in total. The van der Waals surface area contributed by atoms with Crippen molar-refractivity contribution in [2.75, 3.05) is 33.0 Å². The summed E-state index contributed by atoms with van der Waals surface area (Å²) in [5, 5.41) is 18.0. The standard InChI is InChI=1S/C34H47N5O8S2/c1-20(2)31(35)34(40)46-19-47-37-33-29-13-25(48(42,43)38-15-21(3)11-22(4)16-38)7-9-27(29)32(36-41)28-10-8-26(14-30(28)33)49(44,45)39-17-23(5)12-24(6)18-39/h7-10,13-14,20-24,31,41H,11-12,15-19,35H2,1-6H3/t21-,22+,23-,24+,31-/m0/s1. The molecule has 2 fully saturated rings. The van der Waals surface area contributed by atoms with Gasteiger partial charge in [-0.3, -0.25) is 4.79 Å². The summed E-state index contributed by atoms with van der Waals surface area (Å²) in [6.07, 6.45) is 1.84. The molecule has 3 aliphatic rings. The SMILES string of the molecule is CC(C)[C@H](N)C(=O)OCON=C1c2cc(S(=O)(=O)N3C[C@H](C)C[C@H](C)C3)ccc2C(=NO)c2ccc(S(=O)(=O)N3C[C@H](C)C[C@H](C)C3)cc21. The molecular weight excluding hydrogens is 671 g/mol. The van der Waals surface area contributed by atoms with Crippen LogP contribution in [-0.4, -0.2) is 87.1 Å². The van der Waals surface area contributed by atoms with Crippen LogP contribution in [0.1, 0.15) is 76.6 Å². The molecule has 0 amide bonds. The molecule has 2 heterocycles. The van der Waals surface area contributed by atoms with Gasteiger partial charge in [-0.25, -0.2) is 16.8 Å². The van der Waals surface area contributed by atoms with Crippen molar-refractivity contribution >= 4 is 37.4 Å². The molecule has 0 radical (unpaired) electrons. The number of sulfonamides is 2. The lowest BCUT2D eigenvalue weighted by Crippen LogP contribution is -2.42. The average molecular weight is 718 g/mol. The second kappa shape index (κ2) is 14.5. The Bertz CT molecular complexity index is 1730. The van der Waals surface area contributed by atoms with Gasteiger partial charge in [0.25, 0.3) is 6.79 Å². The van der Waals surface area contributed by atoms with Gasteiger partial charge in [-0.15, -0.1) is 0 Å². The van der Waals surface area contributed by atoms with Gasteiger partial charge in [0.2, 0.25) is 20.0 Å². The van der Waals surface area contributed by atoms with Crippen LogP contribution in [0.4, 0.5) is 0 Å². The lowest BCUT2D eigenvalue weighted by Gasteiger charge is -2.34. The van der Waals surface area contributed by atoms with Gasteiger partial charge in [-0.2, -0.15) is 8.61 Å². The van der Waals surface area contributed by atoms with Gasteiger partial charge in [0, 0.05) is 48.4 Å². The zero-order valence-corrected chi connectivity index (χ0v) is 30.5. The number of carbonyl (C=O) groups is 1. The summed E-state index contributed by atoms with van der Waals surface area (Å²) in [5.41, 5.74) is 7.25. The van der Waals surface area contributed by atoms with E-state index in [0.717, 1.165) is 12.8 Å². The smallest absolute Gasteiger partial charge is 0.326 e. The van der Waals surface area contributed by atoms with Crippen molar-refractivity contribution in [3.8, 4) is 0 Å². The highest BCUT2D eigenvalue weighted by molar-refractivity contribution is 7.89. The van der Waals surface area contributed by atoms with Crippen molar-refractivity contribution in [2.24, 2.45) is 45.6 Å². The summed E-state index contributed by atoms with van der Waals surface area (Å²) in [7, 11) is -7.90. The van der Waals surface area contributed by atoms with Crippen molar-refractivity contribution in [3.05, 3.63) is 58.7 Å². The Labute approximate surface area is 289 Å². The van der Waals surface area contributed by atoms with E-state index < -0.39 is 38.9 Å². The fourth-order valence-corrected chi connectivity index (χ4v) is 10.5. The number of fused-ring (bicyclic) bond motifs is 2. The molecule has 15 heteroatoms. The van der Waals surface area contributed by atoms with Gasteiger partial charge in [0.05, 0.1) is 9.79 Å². The maximum Gasteiger partial charge on any atom is 0.326 e. The molecule has 268 valence electrons. The molecule has 2 aromatic rings. The van der Waals surface area contributed by atoms with Gasteiger partial charge in [0.15, 0.2) is 0 Å². The van der Waals surface area contributed by atoms with E-state index in [4.69, 9.17) is 15.3 Å². The highest BCUT2D eigenvalue weighted by atomic mass is 32.2. The van der Waals surface area contributed by atoms with Crippen LogP contribution in [0.5, 0.6) is 0 Å². The van der Waals surface area contributed by atoms with Crippen LogP contribution < -0.4 is 5.73 Å². The lowest BCUT2D eigenvalue weighted by atomic mass is 9.83. The van der Waals surface area contributed by atoms with Crippen LogP contribution in [0, 0.1) is 29.6 Å². The van der Waals surface area contributed by atoms with Crippen molar-refractivity contribution in [3.63, 3.8) is 0 Å². The first kappa shape index (κ1) is 36.9. The second-order valence-corrected chi connectivity index (χ2v) is 18.2. The number of nitrogens with two attached hydrogens (primary N) is 1. The zero-order valence-electron chi connectivity index (χ0n) is 28.9. The molecule has 2 aromatic carbocycles. The maximum atomic E-state index is 14.0. The molecule has 3 N–H and O–H groups in total. The number of rotatable bonds is 9. The monoisotopic (exact) mass is 717 g/mol. The highest BCUT2D eigenvalue weighted by Gasteiger charge is 2.37. The Hall–Kier alpha value is -3.37. The van der Waals surface area contributed by atoms with E-state index in [1.54, 1.807) is 13.8 Å². The average Bonchev–Trinajstić information content (AvgIpc) is 3.04. The Morgan fingerprint density at radius 1 is 0.796 bits per heavy atom. The van der Waals surface area contributed by atoms with E-state index in [-0.39, 0.29) is 61.9 Å². The number of esters is 1. The second-order valence-electron chi connectivity index (χ2n) is 14.3. The third-order valence-corrected chi connectivity index (χ3v) is 13.1. The van der Waals surface area contributed by atoms with Crippen molar-refractivity contribution in [1.29, 1.82) is 0 Å². The predicted octanol–water partition coefficient (Wildman–Crippen LogP) is 3.81. The number of piperidine rings is 2. The summed E-state index contributed by atoms with van der Waals surface area (Å²) in [5.74, 6) is -0.145. The molecule has 0 spiro atoms. The van der Waals surface area contributed by atoms with Crippen LogP contribution in [0.2, 0.25) is 0 Å². The third kappa shape index (κ3) is 7.55. The van der Waals surface area contributed by atoms with E-state index in [1.807, 2.05) is 27.7 Å². The molecule has 0 aromatic heterocycles. The summed E-state index contributed by atoms with van der Waals surface area (Å²) in [6, 6.07) is 7.97. The molecule has 5 rings (SSSR count). The van der Waals surface area contributed by atoms with Crippen molar-refractivity contribution in [2.45, 2.75) is 70.2 Å². The number of hydrogen-bond acceptors (Lipinski definition) is 11. The normalized spacial score (nSPS) is 24.2. The minimum Gasteiger partial charge on any atom is -0.425 e. The Kier molecular flexibility index (Phi) is 10.9. The largest absolute Gasteiger partial charge is 0.425 e. The molecule has 0 saturated carbocycles. The Morgan fingerprint density at radius 3 is 1.61 bits per heavy atom. The minimum absolute atomic E-state index is 0.00427. The van der Waals surface area contributed by atoms with E-state index in [0.29, 0.717) is 37.3 Å². The first-order chi connectivity index (χ1) is 23.0. The van der Waals surface area contributed by atoms with Crippen LogP contribution >= 0.6 is 0 Å². The predicted molar refractivity (Wildman–Crippen MR) is 184 cm³/mol. The number of oxime groups is 2. The lowest BCUT2D eigenvalue weighted by molar-refractivity contribution is -0.158. The highest BCUT2D eigenvalue weighted by Crippen LogP contribution is 2.35. The summed E-state index contributed by atoms with van der Waals surface area (Å²) >= 11 is 0. The number of ether oxygens (including phenoxy) is 1. The maximum absolute atomic E-state index is 14.0. The molecule has 49 heavy (non-hydrogen) atoms. The number of nitrogens with zero attached hydrogens (tertiary/aromatic N) is 4. The van der Waals surface area contributed by atoms with Gasteiger partial charge in [0.1, 0.15) is 17.5 Å². The first-order valence-electron chi connectivity index (χ1n) is 16.7. The van der Waals surface area contributed by atoms with Crippen LogP contribution in [0.3, 0.4) is 0 Å². The quantitative estimate of drug-likeness (QED) is 0.109. The number of benzene rings is 2. The molecule has 2 saturated heterocycles. The molecule has 0 bridgehead atoms. The van der Waals surface area contributed by atoms with Crippen LogP contribution in [0.15, 0.2) is 56.5 Å². The first-order valence-corrected chi connectivity index (χ1v) is 19.6. The Morgan fingerprint density at radius 2 is 1.22 bits per heavy atom. The van der Waals surface area contributed by atoms with Crippen molar-refractivity contribution in [1.82, 2.24) is 8.61 Å². The molecule has 1 aliphatic carbocycles. The fourth-order valence-electron chi connectivity index (χ4n) is 7.11. The number of carbonyl (C=O) groups excluding carboxylic acids is 1. The fraction of sp³-hybridized carbons (Fsp3) is 0.559. The van der Waals surface area contributed by atoms with Gasteiger partial charge in [-0.1, -0.05) is 64.0 Å². The van der Waals surface area contributed by atoms with E-state index in [2.05, 4.69) is 10.3 Å². The van der Waals surface area contributed by atoms with Crippen LogP contribution in [0.25, 0.3) is 0 Å². The van der Waals surface area contributed by atoms with Gasteiger partial charge >= 0.3 is 5.97 Å². The third-order valence-electron chi connectivity index (χ3n) is 9.45. The van der Waals surface area contributed by atoms with E-state index >= 15 is 0 Å². The summed E-state index contributed by atoms with van der Waals surface area (Å²) in [6.45, 7) is 12.5. The van der Waals surface area contributed by atoms with Crippen molar-refractivity contribution < 1.29 is 36.4 Å². The van der Waals surface area contributed by atoms with E-state index in [9.17, 15) is 26.8 Å². The number of hydrogen-bond donors (Lipinski definition) is 2. The summed E-state index contributed by atoms with van der Waals surface area (Å²) in [4.78, 5) is 17.8. The van der Waals surface area contributed by atoms with Crippen LogP contribution in [-0.2, 0) is 34.4 Å². The molecule has 2 aliphatic heterocycles. The summed E-state index contributed by atoms with van der Waals surface area (Å²) < 4.78 is 63.9. The minimum atomic E-state index is -3.95. The van der Waals surface area contributed by atoms with Gasteiger partial charge < -0.3 is 20.5 Å². The topological polar surface area (TPSA) is 181 Å². The zero-order chi connectivity index (χ0) is 35.8. The van der Waals surface area contributed by atoms with E-state index in [1.165, 1.54) is 45.0 Å². The molecule has 0 unspecified atom stereocenters. The Balaban J connectivity index is 1.60. The molecule has 5 atom stereocenters.